The minimum Gasteiger partial charge on any atom is -0.437 e. The molecule has 0 saturated carbocycles. The summed E-state index contributed by atoms with van der Waals surface area (Å²) in [5.41, 5.74) is 6.86. The van der Waals surface area contributed by atoms with Gasteiger partial charge in [-0.2, -0.15) is 0 Å². The van der Waals surface area contributed by atoms with Crippen LogP contribution < -0.4 is 10.5 Å². The van der Waals surface area contributed by atoms with E-state index in [0.717, 1.165) is 17.7 Å². The molecule has 104 valence electrons. The van der Waals surface area contributed by atoms with E-state index in [1.165, 1.54) is 12.4 Å². The monoisotopic (exact) mass is 270 g/mol. The lowest BCUT2D eigenvalue weighted by molar-refractivity contribution is 0.448. The molecule has 0 spiro atoms. The highest BCUT2D eigenvalue weighted by Gasteiger charge is 2.14. The van der Waals surface area contributed by atoms with E-state index in [-0.39, 0.29) is 17.4 Å². The van der Waals surface area contributed by atoms with Crippen molar-refractivity contribution in [2.45, 2.75) is 26.2 Å². The largest absolute Gasteiger partial charge is 0.437 e. The Balaban J connectivity index is 2.38. The third kappa shape index (κ3) is 2.93. The van der Waals surface area contributed by atoms with Gasteiger partial charge in [-0.25, -0.2) is 9.97 Å². The minimum atomic E-state index is -0.158. The fourth-order valence-electron chi connectivity index (χ4n) is 1.89. The van der Waals surface area contributed by atoms with Gasteiger partial charge in [0, 0.05) is 12.4 Å². The number of hydrogen-bond acceptors (Lipinski definition) is 4. The molecule has 0 fully saturated rings. The van der Waals surface area contributed by atoms with Gasteiger partial charge >= 0.3 is 0 Å². The van der Waals surface area contributed by atoms with Crippen molar-refractivity contribution in [1.82, 2.24) is 9.97 Å². The van der Waals surface area contributed by atoms with Gasteiger partial charge < -0.3 is 10.5 Å². The average Bonchev–Trinajstić information content (AvgIpc) is 2.47. The SMILES string of the molecule is CCC(C)c1ccccc1Oc1nccnc1C(=N)N. The highest BCUT2D eigenvalue weighted by molar-refractivity contribution is 5.95. The number of nitrogens with zero attached hydrogens (tertiary/aromatic N) is 2. The fraction of sp³-hybridized carbons (Fsp3) is 0.267. The van der Waals surface area contributed by atoms with Gasteiger partial charge in [-0.05, 0) is 24.0 Å². The third-order valence-electron chi connectivity index (χ3n) is 3.19. The normalized spacial score (nSPS) is 11.9. The Hall–Kier alpha value is -2.43. The highest BCUT2D eigenvalue weighted by Crippen LogP contribution is 2.31. The molecular weight excluding hydrogens is 252 g/mol. The van der Waals surface area contributed by atoms with Crippen LogP contribution in [-0.2, 0) is 0 Å². The number of hydrogen-bond donors (Lipinski definition) is 2. The number of nitrogen functional groups attached to an aromatic ring is 1. The number of ether oxygens (including phenoxy) is 1. The molecule has 1 aromatic carbocycles. The predicted molar refractivity (Wildman–Crippen MR) is 78.3 cm³/mol. The first-order valence-corrected chi connectivity index (χ1v) is 6.55. The quantitative estimate of drug-likeness (QED) is 0.646. The van der Waals surface area contributed by atoms with Gasteiger partial charge in [-0.15, -0.1) is 0 Å². The van der Waals surface area contributed by atoms with E-state index >= 15 is 0 Å². The van der Waals surface area contributed by atoms with Crippen molar-refractivity contribution in [2.75, 3.05) is 0 Å². The van der Waals surface area contributed by atoms with Gasteiger partial charge in [0.25, 0.3) is 0 Å². The number of nitrogens with two attached hydrogens (primary N) is 1. The zero-order valence-corrected chi connectivity index (χ0v) is 11.6. The number of benzene rings is 1. The molecule has 2 rings (SSSR count). The van der Waals surface area contributed by atoms with Gasteiger partial charge in [0.15, 0.2) is 5.69 Å². The summed E-state index contributed by atoms with van der Waals surface area (Å²) in [5.74, 6) is 1.21. The lowest BCUT2D eigenvalue weighted by Crippen LogP contribution is -2.15. The number of rotatable bonds is 5. The lowest BCUT2D eigenvalue weighted by Gasteiger charge is -2.15. The Labute approximate surface area is 118 Å². The summed E-state index contributed by atoms with van der Waals surface area (Å²) >= 11 is 0. The fourth-order valence-corrected chi connectivity index (χ4v) is 1.89. The van der Waals surface area contributed by atoms with E-state index in [2.05, 4.69) is 23.8 Å². The van der Waals surface area contributed by atoms with Crippen LogP contribution in [0.4, 0.5) is 0 Å². The van der Waals surface area contributed by atoms with Crippen LogP contribution in [0.2, 0.25) is 0 Å². The smallest absolute Gasteiger partial charge is 0.249 e. The van der Waals surface area contributed by atoms with Gasteiger partial charge in [-0.1, -0.05) is 32.0 Å². The Bertz CT molecular complexity index is 612. The van der Waals surface area contributed by atoms with Crippen molar-refractivity contribution in [3.63, 3.8) is 0 Å². The van der Waals surface area contributed by atoms with Crippen molar-refractivity contribution in [3.8, 4) is 11.6 Å². The summed E-state index contributed by atoms with van der Waals surface area (Å²) in [6, 6.07) is 7.81. The second kappa shape index (κ2) is 6.14. The molecule has 5 heteroatoms. The molecule has 0 aliphatic carbocycles. The van der Waals surface area contributed by atoms with Crippen LogP contribution in [0, 0.1) is 5.41 Å². The van der Waals surface area contributed by atoms with E-state index in [1.807, 2.05) is 24.3 Å². The maximum Gasteiger partial charge on any atom is 0.249 e. The molecule has 0 aliphatic rings. The molecule has 0 aliphatic heterocycles. The highest BCUT2D eigenvalue weighted by atomic mass is 16.5. The molecule has 5 nitrogen and oxygen atoms in total. The summed E-state index contributed by atoms with van der Waals surface area (Å²) < 4.78 is 5.83. The van der Waals surface area contributed by atoms with Crippen molar-refractivity contribution >= 4 is 5.84 Å². The molecule has 3 N–H and O–H groups in total. The Kier molecular flexibility index (Phi) is 4.30. The second-order valence-electron chi connectivity index (χ2n) is 4.57. The lowest BCUT2D eigenvalue weighted by atomic mass is 9.98. The van der Waals surface area contributed by atoms with Crippen LogP contribution >= 0.6 is 0 Å². The molecule has 1 atom stereocenters. The Morgan fingerprint density at radius 3 is 2.70 bits per heavy atom. The molecule has 0 amide bonds. The van der Waals surface area contributed by atoms with E-state index in [9.17, 15) is 0 Å². The van der Waals surface area contributed by atoms with Gasteiger partial charge in [0.1, 0.15) is 11.6 Å². The molecule has 20 heavy (non-hydrogen) atoms. The van der Waals surface area contributed by atoms with Crippen LogP contribution in [0.25, 0.3) is 0 Å². The molecule has 1 aromatic heterocycles. The molecule has 1 unspecified atom stereocenters. The van der Waals surface area contributed by atoms with Crippen LogP contribution in [0.3, 0.4) is 0 Å². The molecule has 1 heterocycles. The van der Waals surface area contributed by atoms with Crippen LogP contribution in [0.15, 0.2) is 36.7 Å². The Morgan fingerprint density at radius 1 is 1.30 bits per heavy atom. The third-order valence-corrected chi connectivity index (χ3v) is 3.19. The van der Waals surface area contributed by atoms with Gasteiger partial charge in [0.05, 0.1) is 0 Å². The van der Waals surface area contributed by atoms with Crippen LogP contribution in [-0.4, -0.2) is 15.8 Å². The first kappa shape index (κ1) is 14.0. The van der Waals surface area contributed by atoms with Crippen LogP contribution in [0.1, 0.15) is 37.4 Å². The molecule has 0 radical (unpaired) electrons. The summed E-state index contributed by atoms with van der Waals surface area (Å²) in [6.45, 7) is 4.27. The summed E-state index contributed by atoms with van der Waals surface area (Å²) in [5, 5.41) is 7.51. The van der Waals surface area contributed by atoms with Gasteiger partial charge in [-0.3, -0.25) is 5.41 Å². The number of para-hydroxylation sites is 1. The van der Waals surface area contributed by atoms with E-state index in [1.54, 1.807) is 0 Å². The summed E-state index contributed by atoms with van der Waals surface area (Å²) in [7, 11) is 0. The molecule has 0 saturated heterocycles. The molecular formula is C15H18N4O. The van der Waals surface area contributed by atoms with Crippen molar-refractivity contribution < 1.29 is 4.74 Å². The zero-order valence-electron chi connectivity index (χ0n) is 11.6. The Morgan fingerprint density at radius 2 is 2.00 bits per heavy atom. The first-order chi connectivity index (χ1) is 9.63. The topological polar surface area (TPSA) is 84.9 Å². The summed E-state index contributed by atoms with van der Waals surface area (Å²) in [4.78, 5) is 8.15. The van der Waals surface area contributed by atoms with Crippen molar-refractivity contribution in [2.24, 2.45) is 5.73 Å². The summed E-state index contributed by atoms with van der Waals surface area (Å²) in [6.07, 6.45) is 4.03. The standard InChI is InChI=1S/C15H18N4O/c1-3-10(2)11-6-4-5-7-12(11)20-15-13(14(16)17)18-8-9-19-15/h4-10H,3H2,1-2H3,(H3,16,17). The van der Waals surface area contributed by atoms with Crippen molar-refractivity contribution in [1.29, 1.82) is 5.41 Å². The van der Waals surface area contributed by atoms with Gasteiger partial charge in [0.2, 0.25) is 5.88 Å². The maximum absolute atomic E-state index is 7.51. The number of aromatic nitrogens is 2. The molecule has 2 aromatic rings. The predicted octanol–water partition coefficient (Wildman–Crippen LogP) is 3.07. The number of amidine groups is 1. The van der Waals surface area contributed by atoms with E-state index in [0.29, 0.717) is 5.92 Å². The van der Waals surface area contributed by atoms with Crippen molar-refractivity contribution in [3.05, 3.63) is 47.9 Å². The first-order valence-electron chi connectivity index (χ1n) is 6.55. The molecule has 0 bridgehead atoms. The van der Waals surface area contributed by atoms with E-state index < -0.39 is 0 Å². The maximum atomic E-state index is 7.51. The average molecular weight is 270 g/mol. The minimum absolute atomic E-state index is 0.158. The number of nitrogens with one attached hydrogen (secondary N) is 1. The van der Waals surface area contributed by atoms with E-state index in [4.69, 9.17) is 15.9 Å². The zero-order chi connectivity index (χ0) is 14.5. The van der Waals surface area contributed by atoms with Crippen LogP contribution in [0.5, 0.6) is 11.6 Å². The second-order valence-corrected chi connectivity index (χ2v) is 4.57.